The van der Waals surface area contributed by atoms with Gasteiger partial charge in [0, 0.05) is 43.1 Å². The Morgan fingerprint density at radius 1 is 1.26 bits per heavy atom. The fraction of sp³-hybridized carbons (Fsp3) is 0.478. The van der Waals surface area contributed by atoms with Crippen LogP contribution < -0.4 is 4.74 Å². The van der Waals surface area contributed by atoms with Gasteiger partial charge in [-0.15, -0.1) is 11.3 Å². The number of carbonyl (C=O) groups is 2. The summed E-state index contributed by atoms with van der Waals surface area (Å²) in [4.78, 5) is 30.5. The SMILES string of the molecule is CCC(=O)N(CCCOC)CC(=O)N1CCc2sccc2C1COc1ccc(Cl)cc1. The molecular formula is C23H29ClN2O4S. The fourth-order valence-corrected chi connectivity index (χ4v) is 4.80. The van der Waals surface area contributed by atoms with Crippen LogP contribution in [0, 0.1) is 0 Å². The maximum atomic E-state index is 13.3. The molecule has 8 heteroatoms. The molecule has 1 aliphatic rings. The molecule has 0 N–H and O–H groups in total. The molecule has 31 heavy (non-hydrogen) atoms. The van der Waals surface area contributed by atoms with E-state index in [4.69, 9.17) is 21.1 Å². The minimum absolute atomic E-state index is 0.0216. The lowest BCUT2D eigenvalue weighted by Gasteiger charge is -2.37. The predicted octanol–water partition coefficient (Wildman–Crippen LogP) is 4.18. The number of amides is 2. The van der Waals surface area contributed by atoms with Crippen LogP contribution >= 0.6 is 22.9 Å². The molecule has 0 saturated heterocycles. The summed E-state index contributed by atoms with van der Waals surface area (Å²) in [5.41, 5.74) is 1.13. The van der Waals surface area contributed by atoms with E-state index in [0.717, 1.165) is 12.0 Å². The first kappa shape index (κ1) is 23.6. The number of carbonyl (C=O) groups excluding carboxylic acids is 2. The molecule has 0 radical (unpaired) electrons. The second kappa shape index (κ2) is 11.5. The molecule has 0 fully saturated rings. The zero-order chi connectivity index (χ0) is 22.2. The summed E-state index contributed by atoms with van der Waals surface area (Å²) in [5.74, 6) is 0.633. The normalized spacial score (nSPS) is 15.5. The van der Waals surface area contributed by atoms with Gasteiger partial charge in [-0.1, -0.05) is 18.5 Å². The van der Waals surface area contributed by atoms with Crippen LogP contribution in [0.5, 0.6) is 5.75 Å². The Morgan fingerprint density at radius 3 is 2.74 bits per heavy atom. The number of methoxy groups -OCH3 is 1. The number of fused-ring (bicyclic) bond motifs is 1. The van der Waals surface area contributed by atoms with Crippen molar-refractivity contribution in [1.82, 2.24) is 9.80 Å². The summed E-state index contributed by atoms with van der Waals surface area (Å²) < 4.78 is 11.1. The summed E-state index contributed by atoms with van der Waals surface area (Å²) in [6, 6.07) is 9.10. The second-order valence-electron chi connectivity index (χ2n) is 7.43. The largest absolute Gasteiger partial charge is 0.491 e. The van der Waals surface area contributed by atoms with Gasteiger partial charge in [0.05, 0.1) is 12.6 Å². The number of halogens is 1. The van der Waals surface area contributed by atoms with Crippen LogP contribution in [0.3, 0.4) is 0 Å². The van der Waals surface area contributed by atoms with Crippen LogP contribution in [0.4, 0.5) is 0 Å². The number of hydrogen-bond acceptors (Lipinski definition) is 5. The van der Waals surface area contributed by atoms with Gasteiger partial charge in [0.15, 0.2) is 0 Å². The van der Waals surface area contributed by atoms with E-state index in [1.165, 1.54) is 4.88 Å². The van der Waals surface area contributed by atoms with Crippen molar-refractivity contribution in [3.63, 3.8) is 0 Å². The molecule has 0 aliphatic carbocycles. The molecule has 1 aromatic carbocycles. The summed E-state index contributed by atoms with van der Waals surface area (Å²) >= 11 is 7.67. The van der Waals surface area contributed by atoms with Crippen LogP contribution in [0.25, 0.3) is 0 Å². The highest BCUT2D eigenvalue weighted by Gasteiger charge is 2.33. The van der Waals surface area contributed by atoms with Crippen LogP contribution in [-0.2, 0) is 20.7 Å². The standard InChI is InChI=1S/C23H29ClN2O4S/c1-3-22(27)25(11-4-13-29-2)15-23(28)26-12-9-21-19(10-14-31-21)20(26)16-30-18-7-5-17(24)6-8-18/h5-8,10,14,20H,3-4,9,11-13,15-16H2,1-2H3. The fourth-order valence-electron chi connectivity index (χ4n) is 3.75. The third-order valence-corrected chi connectivity index (χ3v) is 6.64. The highest BCUT2D eigenvalue weighted by atomic mass is 35.5. The van der Waals surface area contributed by atoms with Crippen molar-refractivity contribution in [2.75, 3.05) is 40.0 Å². The highest BCUT2D eigenvalue weighted by molar-refractivity contribution is 7.10. The molecule has 3 rings (SSSR count). The molecule has 2 heterocycles. The van der Waals surface area contributed by atoms with E-state index in [9.17, 15) is 9.59 Å². The predicted molar refractivity (Wildman–Crippen MR) is 123 cm³/mol. The smallest absolute Gasteiger partial charge is 0.242 e. The molecular weight excluding hydrogens is 436 g/mol. The van der Waals surface area contributed by atoms with E-state index in [2.05, 4.69) is 11.4 Å². The number of benzene rings is 1. The Kier molecular flexibility index (Phi) is 8.75. The van der Waals surface area contributed by atoms with Gasteiger partial charge in [0.1, 0.15) is 12.4 Å². The van der Waals surface area contributed by atoms with Crippen molar-refractivity contribution in [1.29, 1.82) is 0 Å². The first-order chi connectivity index (χ1) is 15.0. The molecule has 1 aromatic heterocycles. The lowest BCUT2D eigenvalue weighted by molar-refractivity contribution is -0.142. The van der Waals surface area contributed by atoms with Gasteiger partial charge >= 0.3 is 0 Å². The van der Waals surface area contributed by atoms with Crippen LogP contribution in [0.1, 0.15) is 36.2 Å². The van der Waals surface area contributed by atoms with Crippen molar-refractivity contribution in [3.8, 4) is 5.75 Å². The molecule has 6 nitrogen and oxygen atoms in total. The van der Waals surface area contributed by atoms with E-state index in [-0.39, 0.29) is 24.4 Å². The first-order valence-corrected chi connectivity index (χ1v) is 11.8. The number of rotatable bonds is 10. The molecule has 1 unspecified atom stereocenters. The third kappa shape index (κ3) is 6.21. The molecule has 0 saturated carbocycles. The van der Waals surface area contributed by atoms with E-state index < -0.39 is 0 Å². The summed E-state index contributed by atoms with van der Waals surface area (Å²) in [6.45, 7) is 3.93. The molecule has 0 spiro atoms. The monoisotopic (exact) mass is 464 g/mol. The lowest BCUT2D eigenvalue weighted by Crippen LogP contribution is -2.48. The summed E-state index contributed by atoms with van der Waals surface area (Å²) in [7, 11) is 1.63. The zero-order valence-corrected chi connectivity index (χ0v) is 19.6. The van der Waals surface area contributed by atoms with Gasteiger partial charge in [-0.25, -0.2) is 0 Å². The first-order valence-electron chi connectivity index (χ1n) is 10.5. The van der Waals surface area contributed by atoms with Crippen molar-refractivity contribution in [2.24, 2.45) is 0 Å². The lowest BCUT2D eigenvalue weighted by atomic mass is 10.0. The molecule has 2 aromatic rings. The van der Waals surface area contributed by atoms with Crippen LogP contribution in [0.2, 0.25) is 5.02 Å². The Morgan fingerprint density at radius 2 is 2.03 bits per heavy atom. The Bertz CT molecular complexity index is 871. The second-order valence-corrected chi connectivity index (χ2v) is 8.87. The van der Waals surface area contributed by atoms with Crippen molar-refractivity contribution in [3.05, 3.63) is 51.2 Å². The van der Waals surface area contributed by atoms with Crippen molar-refractivity contribution in [2.45, 2.75) is 32.2 Å². The van der Waals surface area contributed by atoms with Gasteiger partial charge in [0.2, 0.25) is 11.8 Å². The number of hydrogen-bond donors (Lipinski definition) is 0. The Balaban J connectivity index is 1.72. The quantitative estimate of drug-likeness (QED) is 0.495. The van der Waals surface area contributed by atoms with Gasteiger partial charge in [-0.3, -0.25) is 9.59 Å². The average Bonchev–Trinajstić information content (AvgIpc) is 3.26. The van der Waals surface area contributed by atoms with E-state index in [1.807, 2.05) is 24.0 Å². The topological polar surface area (TPSA) is 59.1 Å². The number of ether oxygens (including phenoxy) is 2. The van der Waals surface area contributed by atoms with E-state index in [0.29, 0.717) is 49.9 Å². The van der Waals surface area contributed by atoms with Crippen LogP contribution in [-0.4, -0.2) is 61.6 Å². The van der Waals surface area contributed by atoms with Crippen molar-refractivity contribution < 1.29 is 19.1 Å². The zero-order valence-electron chi connectivity index (χ0n) is 18.0. The van der Waals surface area contributed by atoms with E-state index in [1.54, 1.807) is 35.5 Å². The Hall–Kier alpha value is -2.09. The van der Waals surface area contributed by atoms with Gasteiger partial charge in [-0.2, -0.15) is 0 Å². The number of nitrogens with zero attached hydrogens (tertiary/aromatic N) is 2. The molecule has 2 amide bonds. The molecule has 1 aliphatic heterocycles. The van der Waals surface area contributed by atoms with Gasteiger partial charge in [-0.05, 0) is 54.1 Å². The molecule has 1 atom stereocenters. The average molecular weight is 465 g/mol. The van der Waals surface area contributed by atoms with Gasteiger partial charge in [0.25, 0.3) is 0 Å². The minimum atomic E-state index is -0.185. The summed E-state index contributed by atoms with van der Waals surface area (Å²) in [5, 5.41) is 2.71. The Labute approximate surface area is 192 Å². The summed E-state index contributed by atoms with van der Waals surface area (Å²) in [6.07, 6.45) is 1.90. The van der Waals surface area contributed by atoms with Crippen molar-refractivity contribution >= 4 is 34.8 Å². The highest BCUT2D eigenvalue weighted by Crippen LogP contribution is 2.34. The minimum Gasteiger partial charge on any atom is -0.491 e. The van der Waals surface area contributed by atoms with Gasteiger partial charge < -0.3 is 19.3 Å². The molecule has 0 bridgehead atoms. The van der Waals surface area contributed by atoms with Crippen LogP contribution in [0.15, 0.2) is 35.7 Å². The number of thiophene rings is 1. The third-order valence-electron chi connectivity index (χ3n) is 5.39. The molecule has 168 valence electrons. The maximum absolute atomic E-state index is 13.3. The maximum Gasteiger partial charge on any atom is 0.242 e. The van der Waals surface area contributed by atoms with E-state index >= 15 is 0 Å².